The molecule has 0 spiro atoms. The van der Waals surface area contributed by atoms with Gasteiger partial charge in [0.1, 0.15) is 0 Å². The summed E-state index contributed by atoms with van der Waals surface area (Å²) in [6.45, 7) is 1.85. The Bertz CT molecular complexity index is 401. The van der Waals surface area contributed by atoms with Crippen LogP contribution in [-0.4, -0.2) is 19.6 Å². The quantitative estimate of drug-likeness (QED) is 0.357. The Morgan fingerprint density at radius 1 is 1.42 bits per heavy atom. The molecule has 3 nitrogen and oxygen atoms in total. The van der Waals surface area contributed by atoms with E-state index < -0.39 is 0 Å². The lowest BCUT2D eigenvalue weighted by Gasteiger charge is -2.19. The molecule has 1 aromatic heterocycles. The number of thiophene rings is 1. The average Bonchev–Trinajstić information content (AvgIpc) is 2.93. The van der Waals surface area contributed by atoms with Gasteiger partial charge in [0, 0.05) is 20.1 Å². The molecular formula is C14H22IN3S. The number of hydrogen-bond donors (Lipinski definition) is 2. The first-order valence-electron chi connectivity index (χ1n) is 6.49. The number of rotatable bonds is 4. The number of aliphatic imine (C=N–C) groups is 1. The minimum absolute atomic E-state index is 0. The Kier molecular flexibility index (Phi) is 8.13. The Morgan fingerprint density at radius 2 is 2.32 bits per heavy atom. The Balaban J connectivity index is 0.00000180. The maximum Gasteiger partial charge on any atom is 0.191 e. The summed E-state index contributed by atoms with van der Waals surface area (Å²) in [5.41, 5.74) is 1.31. The SMILES string of the molecule is CN=C(NCc1ccsc1)NCC1CC=CCC1.I. The number of halogens is 1. The fourth-order valence-corrected chi connectivity index (χ4v) is 2.75. The monoisotopic (exact) mass is 391 g/mol. The van der Waals surface area contributed by atoms with Gasteiger partial charge in [0.05, 0.1) is 0 Å². The molecule has 106 valence electrons. The first kappa shape index (κ1) is 16.5. The Hall–Kier alpha value is -0.560. The van der Waals surface area contributed by atoms with E-state index in [1.54, 1.807) is 11.3 Å². The molecular weight excluding hydrogens is 369 g/mol. The maximum atomic E-state index is 4.25. The lowest BCUT2D eigenvalue weighted by Crippen LogP contribution is -2.39. The minimum atomic E-state index is 0. The van der Waals surface area contributed by atoms with Crippen molar-refractivity contribution in [2.45, 2.75) is 25.8 Å². The van der Waals surface area contributed by atoms with Gasteiger partial charge in [-0.3, -0.25) is 4.99 Å². The molecule has 1 atom stereocenters. The van der Waals surface area contributed by atoms with E-state index in [-0.39, 0.29) is 24.0 Å². The summed E-state index contributed by atoms with van der Waals surface area (Å²) in [6, 6.07) is 2.14. The van der Waals surface area contributed by atoms with E-state index in [0.717, 1.165) is 25.0 Å². The van der Waals surface area contributed by atoms with Gasteiger partial charge in [0.25, 0.3) is 0 Å². The number of hydrogen-bond acceptors (Lipinski definition) is 2. The van der Waals surface area contributed by atoms with E-state index in [9.17, 15) is 0 Å². The van der Waals surface area contributed by atoms with Gasteiger partial charge in [0.2, 0.25) is 0 Å². The lowest BCUT2D eigenvalue weighted by molar-refractivity contribution is 0.469. The molecule has 19 heavy (non-hydrogen) atoms. The molecule has 0 saturated carbocycles. The molecule has 2 N–H and O–H groups in total. The number of guanidine groups is 1. The van der Waals surface area contributed by atoms with Gasteiger partial charge in [-0.15, -0.1) is 24.0 Å². The first-order chi connectivity index (χ1) is 8.88. The third-order valence-electron chi connectivity index (χ3n) is 3.20. The van der Waals surface area contributed by atoms with Crippen molar-refractivity contribution in [1.82, 2.24) is 10.6 Å². The topological polar surface area (TPSA) is 36.4 Å². The van der Waals surface area contributed by atoms with Crippen molar-refractivity contribution in [1.29, 1.82) is 0 Å². The van der Waals surface area contributed by atoms with Crippen molar-refractivity contribution in [2.24, 2.45) is 10.9 Å². The predicted molar refractivity (Wildman–Crippen MR) is 94.4 cm³/mol. The number of nitrogens with one attached hydrogen (secondary N) is 2. The second-order valence-electron chi connectivity index (χ2n) is 4.59. The predicted octanol–water partition coefficient (Wildman–Crippen LogP) is 3.39. The van der Waals surface area contributed by atoms with Crippen LogP contribution in [0, 0.1) is 5.92 Å². The van der Waals surface area contributed by atoms with Crippen LogP contribution in [-0.2, 0) is 6.54 Å². The van der Waals surface area contributed by atoms with Gasteiger partial charge < -0.3 is 10.6 Å². The summed E-state index contributed by atoms with van der Waals surface area (Å²) in [5, 5.41) is 11.0. The van der Waals surface area contributed by atoms with Crippen LogP contribution in [0.5, 0.6) is 0 Å². The highest BCUT2D eigenvalue weighted by molar-refractivity contribution is 14.0. The van der Waals surface area contributed by atoms with Crippen molar-refractivity contribution in [2.75, 3.05) is 13.6 Å². The fraction of sp³-hybridized carbons (Fsp3) is 0.500. The van der Waals surface area contributed by atoms with Crippen molar-refractivity contribution in [3.8, 4) is 0 Å². The van der Waals surface area contributed by atoms with Crippen LogP contribution in [0.1, 0.15) is 24.8 Å². The molecule has 1 aromatic rings. The molecule has 0 fully saturated rings. The zero-order valence-corrected chi connectivity index (χ0v) is 14.4. The summed E-state index contributed by atoms with van der Waals surface area (Å²) in [6.07, 6.45) is 8.25. The highest BCUT2D eigenvalue weighted by atomic mass is 127. The van der Waals surface area contributed by atoms with Crippen LogP contribution < -0.4 is 10.6 Å². The van der Waals surface area contributed by atoms with Crippen molar-refractivity contribution < 1.29 is 0 Å². The van der Waals surface area contributed by atoms with Gasteiger partial charge in [-0.25, -0.2) is 0 Å². The fourth-order valence-electron chi connectivity index (χ4n) is 2.08. The molecule has 0 aromatic carbocycles. The van der Waals surface area contributed by atoms with Crippen molar-refractivity contribution >= 4 is 41.3 Å². The third-order valence-corrected chi connectivity index (χ3v) is 3.93. The van der Waals surface area contributed by atoms with Gasteiger partial charge >= 0.3 is 0 Å². The largest absolute Gasteiger partial charge is 0.356 e. The normalized spacial score (nSPS) is 18.8. The molecule has 1 unspecified atom stereocenters. The average molecular weight is 391 g/mol. The molecule has 0 amide bonds. The first-order valence-corrected chi connectivity index (χ1v) is 7.43. The highest BCUT2D eigenvalue weighted by Crippen LogP contribution is 2.16. The Morgan fingerprint density at radius 3 is 2.95 bits per heavy atom. The summed E-state index contributed by atoms with van der Waals surface area (Å²) in [7, 11) is 1.82. The molecule has 1 heterocycles. The van der Waals surface area contributed by atoms with E-state index in [4.69, 9.17) is 0 Å². The zero-order chi connectivity index (χ0) is 12.6. The minimum Gasteiger partial charge on any atom is -0.356 e. The van der Waals surface area contributed by atoms with Gasteiger partial charge in [-0.1, -0.05) is 12.2 Å². The molecule has 1 aliphatic carbocycles. The van der Waals surface area contributed by atoms with E-state index in [1.165, 1.54) is 24.8 Å². The standard InChI is InChI=1S/C14H21N3S.HI/c1-15-14(17-10-13-7-8-18-11-13)16-9-12-5-3-2-4-6-12;/h2-3,7-8,11-12H,4-6,9-10H2,1H3,(H2,15,16,17);1H. The smallest absolute Gasteiger partial charge is 0.191 e. The van der Waals surface area contributed by atoms with E-state index in [0.29, 0.717) is 0 Å². The molecule has 0 aliphatic heterocycles. The van der Waals surface area contributed by atoms with Crippen LogP contribution >= 0.6 is 35.3 Å². The van der Waals surface area contributed by atoms with Crippen LogP contribution in [0.4, 0.5) is 0 Å². The van der Waals surface area contributed by atoms with E-state index in [1.807, 2.05) is 7.05 Å². The van der Waals surface area contributed by atoms with Crippen LogP contribution in [0.3, 0.4) is 0 Å². The van der Waals surface area contributed by atoms with Crippen LogP contribution in [0.25, 0.3) is 0 Å². The zero-order valence-electron chi connectivity index (χ0n) is 11.3. The summed E-state index contributed by atoms with van der Waals surface area (Å²) in [5.74, 6) is 1.64. The van der Waals surface area contributed by atoms with Crippen molar-refractivity contribution in [3.63, 3.8) is 0 Å². The molecule has 5 heteroatoms. The van der Waals surface area contributed by atoms with Crippen LogP contribution in [0.15, 0.2) is 34.0 Å². The van der Waals surface area contributed by atoms with Gasteiger partial charge in [-0.05, 0) is 47.6 Å². The van der Waals surface area contributed by atoms with Crippen molar-refractivity contribution in [3.05, 3.63) is 34.5 Å². The summed E-state index contributed by atoms with van der Waals surface area (Å²) < 4.78 is 0. The second-order valence-corrected chi connectivity index (χ2v) is 5.37. The lowest BCUT2D eigenvalue weighted by atomic mass is 9.94. The molecule has 0 bridgehead atoms. The second kappa shape index (κ2) is 9.36. The molecule has 0 saturated heterocycles. The number of nitrogens with zero attached hydrogens (tertiary/aromatic N) is 1. The van der Waals surface area contributed by atoms with Gasteiger partial charge in [0.15, 0.2) is 5.96 Å². The molecule has 2 rings (SSSR count). The Labute approximate surface area is 136 Å². The maximum absolute atomic E-state index is 4.25. The van der Waals surface area contributed by atoms with E-state index in [2.05, 4.69) is 44.6 Å². The number of allylic oxidation sites excluding steroid dienone is 2. The highest BCUT2D eigenvalue weighted by Gasteiger charge is 2.10. The summed E-state index contributed by atoms with van der Waals surface area (Å²) in [4.78, 5) is 4.25. The summed E-state index contributed by atoms with van der Waals surface area (Å²) >= 11 is 1.73. The molecule has 0 radical (unpaired) electrons. The molecule has 1 aliphatic rings. The van der Waals surface area contributed by atoms with E-state index >= 15 is 0 Å². The van der Waals surface area contributed by atoms with Crippen LogP contribution in [0.2, 0.25) is 0 Å². The third kappa shape index (κ3) is 5.95. The van der Waals surface area contributed by atoms with Gasteiger partial charge in [-0.2, -0.15) is 11.3 Å².